The Morgan fingerprint density at radius 3 is 2.81 bits per heavy atom. The third-order valence-electron chi connectivity index (χ3n) is 4.06. The molecule has 1 aliphatic rings. The highest BCUT2D eigenvalue weighted by molar-refractivity contribution is 5.94. The Kier molecular flexibility index (Phi) is 3.90. The lowest BCUT2D eigenvalue weighted by Gasteiger charge is -2.31. The molecule has 2 heterocycles. The number of aromatic amines is 1. The summed E-state index contributed by atoms with van der Waals surface area (Å²) in [6.45, 7) is 1.56. The maximum absolute atomic E-state index is 12.5. The molecule has 21 heavy (non-hydrogen) atoms. The van der Waals surface area contributed by atoms with E-state index in [0.29, 0.717) is 17.2 Å². The first-order valence-corrected chi connectivity index (χ1v) is 7.20. The molecule has 1 fully saturated rings. The number of hydrogen-bond donors (Lipinski definition) is 1. The predicted octanol–water partition coefficient (Wildman–Crippen LogP) is 2.44. The normalized spacial score (nSPS) is 16.0. The number of nitrogens with zero attached hydrogens (tertiary/aromatic N) is 2. The Bertz CT molecular complexity index is 602. The summed E-state index contributed by atoms with van der Waals surface area (Å²) >= 11 is 0. The molecular weight excluding hydrogens is 266 g/mol. The van der Waals surface area contributed by atoms with Crippen molar-refractivity contribution in [2.45, 2.75) is 18.8 Å². The van der Waals surface area contributed by atoms with E-state index in [1.165, 1.54) is 5.69 Å². The number of ether oxygens (including phenoxy) is 1. The number of benzene rings is 1. The fourth-order valence-corrected chi connectivity index (χ4v) is 2.83. The third-order valence-corrected chi connectivity index (χ3v) is 4.06. The second kappa shape index (κ2) is 5.99. The van der Waals surface area contributed by atoms with Crippen LogP contribution in [0.4, 0.5) is 0 Å². The van der Waals surface area contributed by atoms with Crippen LogP contribution in [-0.2, 0) is 0 Å². The van der Waals surface area contributed by atoms with Crippen LogP contribution < -0.4 is 4.74 Å². The molecule has 1 saturated heterocycles. The number of piperidine rings is 1. The number of amides is 1. The summed E-state index contributed by atoms with van der Waals surface area (Å²) in [4.78, 5) is 14.4. The first kappa shape index (κ1) is 13.7. The molecule has 0 radical (unpaired) electrons. The number of hydrogen-bond acceptors (Lipinski definition) is 3. The Hall–Kier alpha value is -2.30. The molecule has 1 aromatic carbocycles. The fourth-order valence-electron chi connectivity index (χ4n) is 2.83. The van der Waals surface area contributed by atoms with Gasteiger partial charge < -0.3 is 9.64 Å². The van der Waals surface area contributed by atoms with Crippen LogP contribution in [0.2, 0.25) is 0 Å². The quantitative estimate of drug-likeness (QED) is 0.942. The number of nitrogens with one attached hydrogen (secondary N) is 1. The number of likely N-dealkylation sites (tertiary alicyclic amines) is 1. The highest BCUT2D eigenvalue weighted by Gasteiger charge is 2.25. The lowest BCUT2D eigenvalue weighted by Crippen LogP contribution is -2.38. The van der Waals surface area contributed by atoms with Crippen molar-refractivity contribution >= 4 is 5.91 Å². The van der Waals surface area contributed by atoms with E-state index >= 15 is 0 Å². The first-order chi connectivity index (χ1) is 10.3. The number of aromatic nitrogens is 2. The van der Waals surface area contributed by atoms with E-state index in [1.807, 2.05) is 29.2 Å². The monoisotopic (exact) mass is 285 g/mol. The molecule has 0 aliphatic carbocycles. The van der Waals surface area contributed by atoms with Crippen molar-refractivity contribution in [3.63, 3.8) is 0 Å². The number of carbonyl (C=O) groups is 1. The van der Waals surface area contributed by atoms with Gasteiger partial charge in [0.15, 0.2) is 0 Å². The summed E-state index contributed by atoms with van der Waals surface area (Å²) in [5.41, 5.74) is 1.86. The van der Waals surface area contributed by atoms with Gasteiger partial charge in [-0.15, -0.1) is 0 Å². The Morgan fingerprint density at radius 1 is 1.33 bits per heavy atom. The van der Waals surface area contributed by atoms with E-state index in [9.17, 15) is 4.79 Å². The minimum atomic E-state index is 0.0805. The summed E-state index contributed by atoms with van der Waals surface area (Å²) in [6, 6.07) is 9.35. The summed E-state index contributed by atoms with van der Waals surface area (Å²) in [5.74, 6) is 1.27. The molecule has 1 aliphatic heterocycles. The Balaban J connectivity index is 1.64. The van der Waals surface area contributed by atoms with Crippen LogP contribution in [0.1, 0.15) is 34.8 Å². The Labute approximate surface area is 123 Å². The lowest BCUT2D eigenvalue weighted by atomic mass is 9.93. The standard InChI is InChI=1S/C16H19N3O2/c1-21-14-4-2-3-13(11-14)16(20)19-9-6-12(7-10-19)15-5-8-17-18-15/h2-5,8,11-12H,6-7,9-10H2,1H3,(H,17,18). The highest BCUT2D eigenvalue weighted by atomic mass is 16.5. The summed E-state index contributed by atoms with van der Waals surface area (Å²) in [7, 11) is 1.61. The molecular formula is C16H19N3O2. The number of carbonyl (C=O) groups excluding carboxylic acids is 1. The van der Waals surface area contributed by atoms with Gasteiger partial charge in [-0.25, -0.2) is 0 Å². The van der Waals surface area contributed by atoms with Crippen LogP contribution in [0, 0.1) is 0 Å². The predicted molar refractivity (Wildman–Crippen MR) is 79.5 cm³/mol. The van der Waals surface area contributed by atoms with Crippen LogP contribution in [0.5, 0.6) is 5.75 Å². The summed E-state index contributed by atoms with van der Waals surface area (Å²) < 4.78 is 5.18. The van der Waals surface area contributed by atoms with Gasteiger partial charge in [-0.1, -0.05) is 6.07 Å². The van der Waals surface area contributed by atoms with Crippen LogP contribution in [-0.4, -0.2) is 41.2 Å². The fraction of sp³-hybridized carbons (Fsp3) is 0.375. The minimum Gasteiger partial charge on any atom is -0.497 e. The summed E-state index contributed by atoms with van der Waals surface area (Å²) in [6.07, 6.45) is 3.72. The van der Waals surface area contributed by atoms with Crippen molar-refractivity contribution in [2.75, 3.05) is 20.2 Å². The molecule has 1 N–H and O–H groups in total. The van der Waals surface area contributed by atoms with Gasteiger partial charge in [-0.3, -0.25) is 9.89 Å². The van der Waals surface area contributed by atoms with Crippen LogP contribution in [0.15, 0.2) is 36.5 Å². The zero-order valence-corrected chi connectivity index (χ0v) is 12.1. The maximum atomic E-state index is 12.5. The van der Waals surface area contributed by atoms with Gasteiger partial charge in [0.05, 0.1) is 7.11 Å². The third kappa shape index (κ3) is 2.91. The average Bonchev–Trinajstić information content (AvgIpc) is 3.09. The minimum absolute atomic E-state index is 0.0805. The number of rotatable bonds is 3. The molecule has 0 atom stereocenters. The largest absolute Gasteiger partial charge is 0.497 e. The van der Waals surface area contributed by atoms with E-state index in [4.69, 9.17) is 4.74 Å². The Morgan fingerprint density at radius 2 is 2.14 bits per heavy atom. The molecule has 1 aromatic heterocycles. The van der Waals surface area contributed by atoms with Crippen LogP contribution >= 0.6 is 0 Å². The van der Waals surface area contributed by atoms with Crippen LogP contribution in [0.3, 0.4) is 0 Å². The van der Waals surface area contributed by atoms with E-state index in [1.54, 1.807) is 19.4 Å². The van der Waals surface area contributed by atoms with Crippen molar-refractivity contribution < 1.29 is 9.53 Å². The second-order valence-electron chi connectivity index (χ2n) is 5.31. The van der Waals surface area contributed by atoms with Gasteiger partial charge >= 0.3 is 0 Å². The smallest absolute Gasteiger partial charge is 0.253 e. The van der Waals surface area contributed by atoms with Gasteiger partial charge in [-0.2, -0.15) is 5.10 Å². The highest BCUT2D eigenvalue weighted by Crippen LogP contribution is 2.27. The van der Waals surface area contributed by atoms with Crippen molar-refractivity contribution in [1.82, 2.24) is 15.1 Å². The summed E-state index contributed by atoms with van der Waals surface area (Å²) in [5, 5.41) is 7.03. The number of methoxy groups -OCH3 is 1. The molecule has 0 spiro atoms. The van der Waals surface area contributed by atoms with Crippen molar-refractivity contribution in [2.24, 2.45) is 0 Å². The molecule has 0 unspecified atom stereocenters. The van der Waals surface area contributed by atoms with Gasteiger partial charge in [0.1, 0.15) is 5.75 Å². The molecule has 1 amide bonds. The van der Waals surface area contributed by atoms with Gasteiger partial charge in [0.2, 0.25) is 0 Å². The molecule has 5 heteroatoms. The average molecular weight is 285 g/mol. The van der Waals surface area contributed by atoms with E-state index in [-0.39, 0.29) is 5.91 Å². The second-order valence-corrected chi connectivity index (χ2v) is 5.31. The molecule has 110 valence electrons. The van der Waals surface area contributed by atoms with E-state index in [0.717, 1.165) is 25.9 Å². The zero-order valence-electron chi connectivity index (χ0n) is 12.1. The van der Waals surface area contributed by atoms with E-state index < -0.39 is 0 Å². The van der Waals surface area contributed by atoms with Crippen molar-refractivity contribution in [1.29, 1.82) is 0 Å². The molecule has 0 bridgehead atoms. The van der Waals surface area contributed by atoms with Gasteiger partial charge in [-0.05, 0) is 37.1 Å². The van der Waals surface area contributed by atoms with Crippen molar-refractivity contribution in [3.8, 4) is 5.75 Å². The zero-order chi connectivity index (χ0) is 14.7. The maximum Gasteiger partial charge on any atom is 0.253 e. The topological polar surface area (TPSA) is 58.2 Å². The van der Waals surface area contributed by atoms with Gasteiger partial charge in [0, 0.05) is 36.5 Å². The number of H-pyrrole nitrogens is 1. The SMILES string of the molecule is COc1cccc(C(=O)N2CCC(c3ccn[nH]3)CC2)c1. The molecule has 5 nitrogen and oxygen atoms in total. The molecule has 3 rings (SSSR count). The van der Waals surface area contributed by atoms with Crippen LogP contribution in [0.25, 0.3) is 0 Å². The lowest BCUT2D eigenvalue weighted by molar-refractivity contribution is 0.0711. The van der Waals surface area contributed by atoms with Crippen molar-refractivity contribution in [3.05, 3.63) is 47.8 Å². The molecule has 2 aromatic rings. The van der Waals surface area contributed by atoms with E-state index in [2.05, 4.69) is 10.2 Å². The molecule has 0 saturated carbocycles. The van der Waals surface area contributed by atoms with Gasteiger partial charge in [0.25, 0.3) is 5.91 Å². The first-order valence-electron chi connectivity index (χ1n) is 7.20.